The standard InChI is InChI=1S/C28H24BrFN6O5/c1-14(37)27-20-7-16(17-10-31-15(2)32-11-17)3-5-22(20)36(34-27)13-26(39)35-12-18(30)8-23(35)24(38)9-21-19(28(40)41)4-6-25(29)33-21/h3-7,10-11,18,23H,8-9,12-13H2,1-2H3,(H,40,41)/t18-,23+/m1/s1. The minimum Gasteiger partial charge on any atom is -0.478 e. The fourth-order valence-electron chi connectivity index (χ4n) is 4.95. The van der Waals surface area contributed by atoms with Crippen LogP contribution in [-0.2, 0) is 22.6 Å². The molecule has 1 amide bonds. The Morgan fingerprint density at radius 2 is 1.83 bits per heavy atom. The molecule has 1 aliphatic rings. The van der Waals surface area contributed by atoms with Gasteiger partial charge in [0.15, 0.2) is 11.6 Å². The van der Waals surface area contributed by atoms with E-state index in [1.54, 1.807) is 37.5 Å². The molecule has 1 aliphatic heterocycles. The average Bonchev–Trinajstić information content (AvgIpc) is 3.49. The second kappa shape index (κ2) is 11.2. The molecule has 1 saturated heterocycles. The Bertz CT molecular complexity index is 1710. The number of carboxylic acid groups (broad SMARTS) is 1. The number of Topliss-reactive ketones (excluding diaryl/α,β-unsaturated/α-hetero) is 2. The number of ketones is 2. The van der Waals surface area contributed by atoms with Crippen molar-refractivity contribution >= 4 is 50.3 Å². The highest BCUT2D eigenvalue weighted by molar-refractivity contribution is 9.10. The molecule has 0 unspecified atom stereocenters. The summed E-state index contributed by atoms with van der Waals surface area (Å²) >= 11 is 3.17. The van der Waals surface area contributed by atoms with Crippen LogP contribution in [0.5, 0.6) is 0 Å². The molecule has 11 nitrogen and oxygen atoms in total. The number of hydrogen-bond donors (Lipinski definition) is 1. The molecule has 13 heteroatoms. The Kier molecular flexibility index (Phi) is 7.72. The first-order chi connectivity index (χ1) is 19.5. The number of carbonyl (C=O) groups is 4. The highest BCUT2D eigenvalue weighted by Crippen LogP contribution is 2.28. The molecule has 4 heterocycles. The Hall–Kier alpha value is -4.39. The van der Waals surface area contributed by atoms with Crippen molar-refractivity contribution in [1.82, 2.24) is 29.6 Å². The first kappa shape index (κ1) is 28.1. The largest absolute Gasteiger partial charge is 0.478 e. The first-order valence-corrected chi connectivity index (χ1v) is 13.5. The molecule has 1 N–H and O–H groups in total. The van der Waals surface area contributed by atoms with Crippen molar-refractivity contribution in [2.75, 3.05) is 6.54 Å². The summed E-state index contributed by atoms with van der Waals surface area (Å²) in [6, 6.07) is 6.98. The van der Waals surface area contributed by atoms with Gasteiger partial charge in [-0.2, -0.15) is 5.10 Å². The van der Waals surface area contributed by atoms with Crippen molar-refractivity contribution in [3.05, 3.63) is 70.1 Å². The van der Waals surface area contributed by atoms with E-state index in [0.717, 1.165) is 16.0 Å². The van der Waals surface area contributed by atoms with Gasteiger partial charge < -0.3 is 10.0 Å². The van der Waals surface area contributed by atoms with Gasteiger partial charge in [-0.05, 0) is 52.7 Å². The zero-order valence-corrected chi connectivity index (χ0v) is 23.6. The number of benzene rings is 1. The van der Waals surface area contributed by atoms with E-state index in [4.69, 9.17) is 0 Å². The van der Waals surface area contributed by atoms with Crippen molar-refractivity contribution in [3.8, 4) is 11.1 Å². The third-order valence-electron chi connectivity index (χ3n) is 6.94. The number of aryl methyl sites for hydroxylation is 1. The zero-order chi connectivity index (χ0) is 29.4. The van der Waals surface area contributed by atoms with Gasteiger partial charge in [-0.25, -0.2) is 24.1 Å². The van der Waals surface area contributed by atoms with Crippen molar-refractivity contribution in [1.29, 1.82) is 0 Å². The third kappa shape index (κ3) is 5.75. The molecule has 0 saturated carbocycles. The van der Waals surface area contributed by atoms with Crippen LogP contribution in [0.15, 0.2) is 47.3 Å². The summed E-state index contributed by atoms with van der Waals surface area (Å²) in [5.74, 6) is -2.01. The molecule has 1 aromatic carbocycles. The summed E-state index contributed by atoms with van der Waals surface area (Å²) in [6.45, 7) is 2.53. The van der Waals surface area contributed by atoms with Gasteiger partial charge in [-0.15, -0.1) is 0 Å². The maximum Gasteiger partial charge on any atom is 0.337 e. The predicted molar refractivity (Wildman–Crippen MR) is 148 cm³/mol. The van der Waals surface area contributed by atoms with E-state index in [1.165, 1.54) is 23.7 Å². The molecular weight excluding hydrogens is 599 g/mol. The molecule has 41 heavy (non-hydrogen) atoms. The summed E-state index contributed by atoms with van der Waals surface area (Å²) in [5.41, 5.74) is 2.06. The fourth-order valence-corrected chi connectivity index (χ4v) is 5.30. The van der Waals surface area contributed by atoms with Gasteiger partial charge in [0.25, 0.3) is 0 Å². The van der Waals surface area contributed by atoms with Crippen LogP contribution in [0, 0.1) is 6.92 Å². The van der Waals surface area contributed by atoms with Crippen molar-refractivity contribution in [3.63, 3.8) is 0 Å². The lowest BCUT2D eigenvalue weighted by Gasteiger charge is -2.23. The van der Waals surface area contributed by atoms with Crippen LogP contribution >= 0.6 is 15.9 Å². The molecule has 0 aliphatic carbocycles. The number of alkyl halides is 1. The lowest BCUT2D eigenvalue weighted by atomic mass is 10.0. The van der Waals surface area contributed by atoms with Gasteiger partial charge in [-0.1, -0.05) is 6.07 Å². The van der Waals surface area contributed by atoms with E-state index >= 15 is 0 Å². The number of halogens is 2. The summed E-state index contributed by atoms with van der Waals surface area (Å²) < 4.78 is 16.3. The Balaban J connectivity index is 1.41. The molecule has 0 spiro atoms. The lowest BCUT2D eigenvalue weighted by Crippen LogP contribution is -2.43. The fraction of sp³-hybridized carbons (Fsp3) is 0.286. The van der Waals surface area contributed by atoms with Gasteiger partial charge in [-0.3, -0.25) is 19.1 Å². The highest BCUT2D eigenvalue weighted by Gasteiger charge is 2.40. The minimum absolute atomic E-state index is 0.0190. The second-order valence-electron chi connectivity index (χ2n) is 9.78. The van der Waals surface area contributed by atoms with Gasteiger partial charge in [0.05, 0.1) is 35.8 Å². The number of hydrogen-bond acceptors (Lipinski definition) is 8. The molecular formula is C28H24BrFN6O5. The molecule has 1 fully saturated rings. The predicted octanol–water partition coefficient (Wildman–Crippen LogP) is 3.61. The summed E-state index contributed by atoms with van der Waals surface area (Å²) in [7, 11) is 0. The maximum atomic E-state index is 14.5. The number of aromatic carboxylic acids is 1. The number of nitrogens with zero attached hydrogens (tertiary/aromatic N) is 6. The first-order valence-electron chi connectivity index (χ1n) is 12.7. The normalized spacial score (nSPS) is 16.7. The van der Waals surface area contributed by atoms with Crippen LogP contribution in [0.4, 0.5) is 4.39 Å². The van der Waals surface area contributed by atoms with E-state index in [1.807, 2.05) is 0 Å². The summed E-state index contributed by atoms with van der Waals surface area (Å²) in [5, 5.41) is 14.4. The summed E-state index contributed by atoms with van der Waals surface area (Å²) in [6.07, 6.45) is 1.33. The van der Waals surface area contributed by atoms with E-state index in [2.05, 4.69) is 36.0 Å². The molecule has 3 aromatic heterocycles. The van der Waals surface area contributed by atoms with Crippen LogP contribution in [0.25, 0.3) is 22.0 Å². The molecule has 2 atom stereocenters. The van der Waals surface area contributed by atoms with Crippen molar-refractivity contribution in [2.24, 2.45) is 0 Å². The van der Waals surface area contributed by atoms with Gasteiger partial charge >= 0.3 is 5.97 Å². The van der Waals surface area contributed by atoms with Gasteiger partial charge in [0.2, 0.25) is 5.91 Å². The van der Waals surface area contributed by atoms with Crippen LogP contribution in [0.3, 0.4) is 0 Å². The number of amides is 1. The average molecular weight is 623 g/mol. The topological polar surface area (TPSA) is 148 Å². The smallest absolute Gasteiger partial charge is 0.337 e. The maximum absolute atomic E-state index is 14.5. The van der Waals surface area contributed by atoms with Gasteiger partial charge in [0.1, 0.15) is 28.8 Å². The molecule has 4 aromatic rings. The van der Waals surface area contributed by atoms with Crippen LogP contribution in [0.2, 0.25) is 0 Å². The Morgan fingerprint density at radius 3 is 2.51 bits per heavy atom. The molecule has 5 rings (SSSR count). The van der Waals surface area contributed by atoms with Crippen LogP contribution in [0.1, 0.15) is 45.7 Å². The van der Waals surface area contributed by atoms with Crippen molar-refractivity contribution in [2.45, 2.75) is 45.4 Å². The van der Waals surface area contributed by atoms with E-state index < -0.39 is 29.9 Å². The number of carbonyl (C=O) groups excluding carboxylic acids is 3. The monoisotopic (exact) mass is 622 g/mol. The van der Waals surface area contributed by atoms with Crippen LogP contribution < -0.4 is 0 Å². The highest BCUT2D eigenvalue weighted by atomic mass is 79.9. The number of pyridine rings is 1. The number of aromatic nitrogens is 5. The van der Waals surface area contributed by atoms with Crippen LogP contribution in [-0.4, -0.2) is 76.9 Å². The second-order valence-corrected chi connectivity index (χ2v) is 10.6. The van der Waals surface area contributed by atoms with Crippen molar-refractivity contribution < 1.29 is 28.7 Å². The Morgan fingerprint density at radius 1 is 1.10 bits per heavy atom. The third-order valence-corrected chi connectivity index (χ3v) is 7.38. The number of likely N-dealkylation sites (tertiary alicyclic amines) is 1. The molecule has 0 bridgehead atoms. The van der Waals surface area contributed by atoms with E-state index in [9.17, 15) is 28.7 Å². The van der Waals surface area contributed by atoms with E-state index in [-0.39, 0.29) is 48.7 Å². The molecule has 210 valence electrons. The van der Waals surface area contributed by atoms with E-state index in [0.29, 0.717) is 21.3 Å². The minimum atomic E-state index is -1.43. The number of rotatable bonds is 8. The zero-order valence-electron chi connectivity index (χ0n) is 22.0. The lowest BCUT2D eigenvalue weighted by molar-refractivity contribution is -0.138. The number of fused-ring (bicyclic) bond motifs is 1. The molecule has 0 radical (unpaired) electrons. The SMILES string of the molecule is CC(=O)c1nn(CC(=O)N2C[C@H](F)C[C@H]2C(=O)Cc2nc(Br)ccc2C(=O)O)c2ccc(-c3cnc(C)nc3)cc12. The summed E-state index contributed by atoms with van der Waals surface area (Å²) in [4.78, 5) is 64.4. The van der Waals surface area contributed by atoms with Gasteiger partial charge in [0, 0.05) is 36.7 Å². The number of carboxylic acids is 1. The Labute approximate surface area is 241 Å². The quantitative estimate of drug-likeness (QED) is 0.230.